The van der Waals surface area contributed by atoms with E-state index in [0.717, 1.165) is 5.56 Å². The summed E-state index contributed by atoms with van der Waals surface area (Å²) in [6.07, 6.45) is 0. The van der Waals surface area contributed by atoms with E-state index in [9.17, 15) is 8.42 Å². The van der Waals surface area contributed by atoms with Gasteiger partial charge in [0.05, 0.1) is 16.5 Å². The monoisotopic (exact) mass is 434 g/mol. The Kier molecular flexibility index (Phi) is 8.18. The van der Waals surface area contributed by atoms with E-state index >= 15 is 0 Å². The zero-order valence-corrected chi connectivity index (χ0v) is 16.4. The molecule has 2 N–H and O–H groups in total. The highest BCUT2D eigenvalue weighted by atomic mass is 79.9. The molecule has 0 fully saturated rings. The van der Waals surface area contributed by atoms with Gasteiger partial charge in [-0.3, -0.25) is 0 Å². The van der Waals surface area contributed by atoms with Crippen LogP contribution >= 0.6 is 28.3 Å². The number of methoxy groups -OCH3 is 1. The number of rotatable bonds is 7. The Bertz CT molecular complexity index is 757. The number of nitrogens with zero attached hydrogens (tertiary/aromatic N) is 1. The number of ether oxygens (including phenoxy) is 1. The second kappa shape index (κ2) is 9.39. The van der Waals surface area contributed by atoms with Crippen molar-refractivity contribution in [3.8, 4) is 5.75 Å². The lowest BCUT2D eigenvalue weighted by atomic mass is 10.2. The molecule has 0 atom stereocenters. The first-order valence-corrected chi connectivity index (χ1v) is 9.30. The second-order valence-electron chi connectivity index (χ2n) is 4.91. The molecular formula is C16H20BrClN2O3S. The van der Waals surface area contributed by atoms with Crippen molar-refractivity contribution in [2.75, 3.05) is 20.2 Å². The number of sulfonamides is 1. The molecule has 8 heteroatoms. The number of hydrogen-bond donors (Lipinski definition) is 1. The summed E-state index contributed by atoms with van der Waals surface area (Å²) in [6.45, 7) is 0.786. The van der Waals surface area contributed by atoms with Crippen LogP contribution in [-0.2, 0) is 16.6 Å². The Morgan fingerprint density at radius 2 is 1.83 bits per heavy atom. The molecule has 24 heavy (non-hydrogen) atoms. The maximum absolute atomic E-state index is 12.9. The minimum Gasteiger partial charge on any atom is -0.496 e. The maximum Gasteiger partial charge on any atom is 0.243 e. The van der Waals surface area contributed by atoms with Gasteiger partial charge in [0.15, 0.2) is 0 Å². The zero-order chi connectivity index (χ0) is 16.9. The van der Waals surface area contributed by atoms with E-state index < -0.39 is 10.0 Å². The van der Waals surface area contributed by atoms with Crippen molar-refractivity contribution in [1.29, 1.82) is 0 Å². The average Bonchev–Trinajstić information content (AvgIpc) is 2.55. The lowest BCUT2D eigenvalue weighted by molar-refractivity contribution is 0.409. The van der Waals surface area contributed by atoms with E-state index in [4.69, 9.17) is 10.5 Å². The molecule has 0 heterocycles. The Morgan fingerprint density at radius 1 is 1.17 bits per heavy atom. The van der Waals surface area contributed by atoms with E-state index in [0.29, 0.717) is 10.2 Å². The fraction of sp³-hybridized carbons (Fsp3) is 0.250. The van der Waals surface area contributed by atoms with Crippen LogP contribution in [-0.4, -0.2) is 32.9 Å². The molecule has 0 aliphatic carbocycles. The average molecular weight is 436 g/mol. The topological polar surface area (TPSA) is 72.6 Å². The van der Waals surface area contributed by atoms with Crippen LogP contribution in [0.2, 0.25) is 0 Å². The molecule has 132 valence electrons. The summed E-state index contributed by atoms with van der Waals surface area (Å²) in [5.41, 5.74) is 6.51. The summed E-state index contributed by atoms with van der Waals surface area (Å²) in [5.74, 6) is 0.581. The number of halogens is 2. The fourth-order valence-corrected chi connectivity index (χ4v) is 4.33. The molecule has 2 aromatic carbocycles. The predicted octanol–water partition coefficient (Wildman–Crippen LogP) is 3.03. The molecule has 0 bridgehead atoms. The molecule has 2 rings (SSSR count). The van der Waals surface area contributed by atoms with Crippen LogP contribution in [0.5, 0.6) is 5.75 Å². The molecule has 0 aliphatic heterocycles. The van der Waals surface area contributed by atoms with Crippen LogP contribution in [0.4, 0.5) is 0 Å². The number of hydrogen-bond acceptors (Lipinski definition) is 4. The smallest absolute Gasteiger partial charge is 0.243 e. The molecule has 0 spiro atoms. The highest BCUT2D eigenvalue weighted by Gasteiger charge is 2.24. The van der Waals surface area contributed by atoms with Crippen molar-refractivity contribution in [3.63, 3.8) is 0 Å². The summed E-state index contributed by atoms with van der Waals surface area (Å²) >= 11 is 3.32. The standard InChI is InChI=1S/C16H19BrN2O3S.ClH/c1-22-16-8-7-14(11-15(16)17)23(20,21)19(10-9-18)12-13-5-3-2-4-6-13;/h2-8,11H,9-10,12,18H2,1H3;1H. The second-order valence-corrected chi connectivity index (χ2v) is 7.70. The summed E-state index contributed by atoms with van der Waals surface area (Å²) in [4.78, 5) is 0.203. The third-order valence-electron chi connectivity index (χ3n) is 3.34. The van der Waals surface area contributed by atoms with E-state index in [-0.39, 0.29) is 36.9 Å². The lowest BCUT2D eigenvalue weighted by Crippen LogP contribution is -2.34. The maximum atomic E-state index is 12.9. The first-order valence-electron chi connectivity index (χ1n) is 7.06. The SMILES string of the molecule is COc1ccc(S(=O)(=O)N(CCN)Cc2ccccc2)cc1Br.Cl. The van der Waals surface area contributed by atoms with Crippen LogP contribution in [0.25, 0.3) is 0 Å². The molecule has 0 aliphatic rings. The highest BCUT2D eigenvalue weighted by molar-refractivity contribution is 9.10. The van der Waals surface area contributed by atoms with Crippen molar-refractivity contribution < 1.29 is 13.2 Å². The van der Waals surface area contributed by atoms with Crippen molar-refractivity contribution in [2.45, 2.75) is 11.4 Å². The van der Waals surface area contributed by atoms with Crippen molar-refractivity contribution in [2.24, 2.45) is 5.73 Å². The summed E-state index contributed by atoms with van der Waals surface area (Å²) in [7, 11) is -2.11. The first-order chi connectivity index (χ1) is 11.0. The fourth-order valence-electron chi connectivity index (χ4n) is 2.17. The summed E-state index contributed by atoms with van der Waals surface area (Å²) in [6, 6.07) is 14.1. The largest absolute Gasteiger partial charge is 0.496 e. The van der Waals surface area contributed by atoms with E-state index in [2.05, 4.69) is 15.9 Å². The van der Waals surface area contributed by atoms with Gasteiger partial charge in [-0.2, -0.15) is 4.31 Å². The van der Waals surface area contributed by atoms with Gasteiger partial charge in [-0.1, -0.05) is 30.3 Å². The third kappa shape index (κ3) is 4.94. The van der Waals surface area contributed by atoms with Crippen LogP contribution in [0.15, 0.2) is 57.9 Å². The van der Waals surface area contributed by atoms with Crippen molar-refractivity contribution in [3.05, 3.63) is 58.6 Å². The van der Waals surface area contributed by atoms with Crippen molar-refractivity contribution >= 4 is 38.4 Å². The molecule has 0 aromatic heterocycles. The van der Waals surface area contributed by atoms with Gasteiger partial charge in [-0.05, 0) is 39.7 Å². The summed E-state index contributed by atoms with van der Waals surface area (Å²) < 4.78 is 32.9. The van der Waals surface area contributed by atoms with Gasteiger partial charge in [-0.15, -0.1) is 12.4 Å². The molecule has 0 saturated carbocycles. The zero-order valence-electron chi connectivity index (χ0n) is 13.2. The van der Waals surface area contributed by atoms with Gasteiger partial charge in [-0.25, -0.2) is 8.42 Å². The minimum absolute atomic E-state index is 0. The van der Waals surface area contributed by atoms with Gasteiger partial charge in [0.25, 0.3) is 0 Å². The molecule has 0 radical (unpaired) electrons. The van der Waals surface area contributed by atoms with Gasteiger partial charge >= 0.3 is 0 Å². The Morgan fingerprint density at radius 3 is 2.38 bits per heavy atom. The Labute approximate surface area is 157 Å². The molecule has 0 amide bonds. The predicted molar refractivity (Wildman–Crippen MR) is 101 cm³/mol. The first kappa shape index (κ1) is 20.9. The molecular weight excluding hydrogens is 416 g/mol. The normalized spacial score (nSPS) is 11.2. The quantitative estimate of drug-likeness (QED) is 0.725. The van der Waals surface area contributed by atoms with Crippen LogP contribution in [0, 0.1) is 0 Å². The van der Waals surface area contributed by atoms with E-state index in [1.165, 1.54) is 17.5 Å². The van der Waals surface area contributed by atoms with Crippen molar-refractivity contribution in [1.82, 2.24) is 4.31 Å². The number of nitrogens with two attached hydrogens (primary N) is 1. The van der Waals surface area contributed by atoms with E-state index in [1.54, 1.807) is 12.1 Å². The lowest BCUT2D eigenvalue weighted by Gasteiger charge is -2.22. The Hall–Kier alpha value is -1.12. The minimum atomic E-state index is -3.64. The number of benzene rings is 2. The van der Waals surface area contributed by atoms with Gasteiger partial charge in [0, 0.05) is 19.6 Å². The van der Waals surface area contributed by atoms with Crippen LogP contribution in [0.3, 0.4) is 0 Å². The molecule has 5 nitrogen and oxygen atoms in total. The third-order valence-corrected chi connectivity index (χ3v) is 5.80. The molecule has 2 aromatic rings. The van der Waals surface area contributed by atoms with Gasteiger partial charge < -0.3 is 10.5 Å². The van der Waals surface area contributed by atoms with Gasteiger partial charge in [0.2, 0.25) is 10.0 Å². The Balaban J connectivity index is 0.00000288. The van der Waals surface area contributed by atoms with Gasteiger partial charge in [0.1, 0.15) is 5.75 Å². The molecule has 0 saturated heterocycles. The summed E-state index contributed by atoms with van der Waals surface area (Å²) in [5, 5.41) is 0. The van der Waals surface area contributed by atoms with Crippen LogP contribution < -0.4 is 10.5 Å². The van der Waals surface area contributed by atoms with E-state index in [1.807, 2.05) is 30.3 Å². The molecule has 0 unspecified atom stereocenters. The van der Waals surface area contributed by atoms with Crippen LogP contribution in [0.1, 0.15) is 5.56 Å². The highest BCUT2D eigenvalue weighted by Crippen LogP contribution is 2.29.